The maximum absolute atomic E-state index is 13.4. The van der Waals surface area contributed by atoms with Crippen LogP contribution in [0.15, 0.2) is 35.4 Å². The maximum Gasteiger partial charge on any atom is 0.256 e. The van der Waals surface area contributed by atoms with Crippen LogP contribution in [0, 0.1) is 5.41 Å². The van der Waals surface area contributed by atoms with E-state index >= 15 is 0 Å². The Morgan fingerprint density at radius 2 is 1.60 bits per heavy atom. The molecule has 2 aliphatic rings. The van der Waals surface area contributed by atoms with E-state index in [9.17, 15) is 9.59 Å². The molecule has 0 radical (unpaired) electrons. The lowest BCUT2D eigenvalue weighted by molar-refractivity contribution is -0.137. The Kier molecular flexibility index (Phi) is 7.23. The van der Waals surface area contributed by atoms with E-state index in [0.29, 0.717) is 48.2 Å². The highest BCUT2D eigenvalue weighted by Crippen LogP contribution is 2.38. The third-order valence-electron chi connectivity index (χ3n) is 6.52. The molecular weight excluding hydrogens is 513 g/mol. The molecule has 2 amide bonds. The van der Waals surface area contributed by atoms with Crippen molar-refractivity contribution in [3.05, 3.63) is 56.5 Å². The van der Waals surface area contributed by atoms with E-state index in [1.807, 2.05) is 26.0 Å². The highest BCUT2D eigenvalue weighted by atomic mass is 35.5. The van der Waals surface area contributed by atoms with Crippen LogP contribution in [0.25, 0.3) is 0 Å². The number of piperidine rings is 1. The van der Waals surface area contributed by atoms with Crippen molar-refractivity contribution < 1.29 is 19.1 Å². The van der Waals surface area contributed by atoms with E-state index < -0.39 is 5.41 Å². The number of amides is 2. The number of likely N-dealkylation sites (tertiary alicyclic amines) is 1. The van der Waals surface area contributed by atoms with Crippen LogP contribution in [-0.2, 0) is 4.79 Å². The predicted octanol–water partition coefficient (Wildman–Crippen LogP) is 5.54. The van der Waals surface area contributed by atoms with Crippen molar-refractivity contribution in [1.82, 2.24) is 9.91 Å². The quantitative estimate of drug-likeness (QED) is 0.501. The van der Waals surface area contributed by atoms with Gasteiger partial charge in [0.2, 0.25) is 0 Å². The molecule has 1 saturated heterocycles. The van der Waals surface area contributed by atoms with Crippen molar-refractivity contribution in [2.45, 2.75) is 32.7 Å². The summed E-state index contributed by atoms with van der Waals surface area (Å²) < 4.78 is 10.8. The molecule has 0 N–H and O–H groups in total. The fourth-order valence-corrected chi connectivity index (χ4v) is 5.51. The molecule has 2 aliphatic heterocycles. The Morgan fingerprint density at radius 3 is 2.17 bits per heavy atom. The molecule has 0 aromatic heterocycles. The average molecular weight is 539 g/mol. The van der Waals surface area contributed by atoms with Crippen LogP contribution >= 0.6 is 34.8 Å². The lowest BCUT2D eigenvalue weighted by atomic mass is 9.83. The fraction of sp³-hybridized carbons (Fsp3) is 0.400. The van der Waals surface area contributed by atoms with Crippen LogP contribution in [-0.4, -0.2) is 60.8 Å². The predicted molar refractivity (Wildman–Crippen MR) is 137 cm³/mol. The number of rotatable bonds is 5. The van der Waals surface area contributed by atoms with Gasteiger partial charge < -0.3 is 14.4 Å². The summed E-state index contributed by atoms with van der Waals surface area (Å²) >= 11 is 18.5. The minimum Gasteiger partial charge on any atom is -0.493 e. The molecule has 1 fully saturated rings. The van der Waals surface area contributed by atoms with Gasteiger partial charge in [0.15, 0.2) is 11.5 Å². The third-order valence-corrected chi connectivity index (χ3v) is 7.33. The van der Waals surface area contributed by atoms with Crippen molar-refractivity contribution in [3.63, 3.8) is 0 Å². The molecule has 2 aromatic carbocycles. The monoisotopic (exact) mass is 537 g/mol. The smallest absolute Gasteiger partial charge is 0.256 e. The number of carbonyl (C=O) groups is 2. The number of halogens is 3. The van der Waals surface area contributed by atoms with Crippen molar-refractivity contribution in [2.75, 3.05) is 27.3 Å². The van der Waals surface area contributed by atoms with E-state index in [1.54, 1.807) is 30.2 Å². The van der Waals surface area contributed by atoms with Crippen LogP contribution < -0.4 is 9.47 Å². The first-order valence-corrected chi connectivity index (χ1v) is 12.3. The van der Waals surface area contributed by atoms with E-state index in [0.717, 1.165) is 5.56 Å². The summed E-state index contributed by atoms with van der Waals surface area (Å²) in [4.78, 5) is 28.2. The summed E-state index contributed by atoms with van der Waals surface area (Å²) in [5.41, 5.74) is 0.893. The van der Waals surface area contributed by atoms with Gasteiger partial charge in [0.1, 0.15) is 0 Å². The number of hydrazone groups is 1. The maximum atomic E-state index is 13.4. The summed E-state index contributed by atoms with van der Waals surface area (Å²) in [5.74, 6) is 0.850. The summed E-state index contributed by atoms with van der Waals surface area (Å²) in [6, 6.07) is 8.39. The first kappa shape index (κ1) is 25.6. The molecule has 0 aliphatic carbocycles. The minimum absolute atomic E-state index is 0.0733. The minimum atomic E-state index is -0.809. The van der Waals surface area contributed by atoms with Crippen LogP contribution in [0.3, 0.4) is 0 Å². The molecule has 2 heterocycles. The largest absolute Gasteiger partial charge is 0.493 e. The lowest BCUT2D eigenvalue weighted by Gasteiger charge is -2.35. The number of benzene rings is 2. The number of hydrogen-bond donors (Lipinski definition) is 0. The van der Waals surface area contributed by atoms with Gasteiger partial charge in [0.25, 0.3) is 11.8 Å². The van der Waals surface area contributed by atoms with Crippen molar-refractivity contribution >= 4 is 52.3 Å². The molecule has 10 heteroatoms. The number of carbonyl (C=O) groups excluding carboxylic acids is 2. The first-order chi connectivity index (χ1) is 16.6. The van der Waals surface area contributed by atoms with Crippen molar-refractivity contribution in [3.8, 4) is 11.5 Å². The molecule has 2 aromatic rings. The van der Waals surface area contributed by atoms with Gasteiger partial charge in [-0.2, -0.15) is 5.10 Å². The molecule has 0 atom stereocenters. The van der Waals surface area contributed by atoms with Gasteiger partial charge in [-0.3, -0.25) is 9.59 Å². The number of methoxy groups -OCH3 is 2. The third kappa shape index (κ3) is 4.69. The van der Waals surface area contributed by atoms with Crippen molar-refractivity contribution in [1.29, 1.82) is 0 Å². The molecule has 7 nitrogen and oxygen atoms in total. The van der Waals surface area contributed by atoms with E-state index in [2.05, 4.69) is 0 Å². The molecule has 35 heavy (non-hydrogen) atoms. The van der Waals surface area contributed by atoms with Crippen LogP contribution in [0.4, 0.5) is 0 Å². The Hall–Kier alpha value is -2.48. The number of ether oxygens (including phenoxy) is 2. The summed E-state index contributed by atoms with van der Waals surface area (Å²) in [7, 11) is 3.14. The zero-order valence-electron chi connectivity index (χ0n) is 19.9. The fourth-order valence-electron chi connectivity index (χ4n) is 4.53. The Labute approximate surface area is 219 Å². The van der Waals surface area contributed by atoms with Crippen LogP contribution in [0.1, 0.15) is 42.6 Å². The Balaban J connectivity index is 1.52. The standard InChI is InChI=1S/C25H26Cl3N3O4/c1-25(2)22(14-5-6-19(34-3)20(11-14)35-4)29-31(24(25)33)16-7-9-30(10-8-16)23(32)21-17(27)12-15(26)13-18(21)28/h5-6,11-13,16H,7-10H2,1-4H3. The molecule has 0 spiro atoms. The second kappa shape index (κ2) is 9.88. The molecule has 4 rings (SSSR count). The molecular formula is C25H26Cl3N3O4. The molecule has 186 valence electrons. The van der Waals surface area contributed by atoms with Crippen LogP contribution in [0.5, 0.6) is 11.5 Å². The summed E-state index contributed by atoms with van der Waals surface area (Å²) in [5, 5.41) is 7.14. The van der Waals surface area contributed by atoms with Gasteiger partial charge >= 0.3 is 0 Å². The SMILES string of the molecule is COc1ccc(C2=NN(C3CCN(C(=O)c4c(Cl)cc(Cl)cc4Cl)CC3)C(=O)C2(C)C)cc1OC. The van der Waals surface area contributed by atoms with Gasteiger partial charge in [0.05, 0.1) is 47.0 Å². The summed E-state index contributed by atoms with van der Waals surface area (Å²) in [6.45, 7) is 4.64. The van der Waals surface area contributed by atoms with Gasteiger partial charge in [-0.15, -0.1) is 0 Å². The topological polar surface area (TPSA) is 71.4 Å². The van der Waals surface area contributed by atoms with Crippen molar-refractivity contribution in [2.24, 2.45) is 10.5 Å². The first-order valence-electron chi connectivity index (χ1n) is 11.2. The highest BCUT2D eigenvalue weighted by molar-refractivity contribution is 6.42. The second-order valence-electron chi connectivity index (χ2n) is 9.06. The highest BCUT2D eigenvalue weighted by Gasteiger charge is 2.47. The Morgan fingerprint density at radius 1 is 1.00 bits per heavy atom. The molecule has 0 saturated carbocycles. The van der Waals surface area contributed by atoms with Gasteiger partial charge in [-0.05, 0) is 57.0 Å². The van der Waals surface area contributed by atoms with E-state index in [4.69, 9.17) is 49.4 Å². The average Bonchev–Trinajstić information content (AvgIpc) is 3.06. The Bertz CT molecular complexity index is 1180. The van der Waals surface area contributed by atoms with E-state index in [-0.39, 0.29) is 33.5 Å². The zero-order valence-corrected chi connectivity index (χ0v) is 22.2. The van der Waals surface area contributed by atoms with E-state index in [1.165, 1.54) is 12.1 Å². The normalized spacial score (nSPS) is 18.0. The van der Waals surface area contributed by atoms with Gasteiger partial charge in [0, 0.05) is 23.7 Å². The van der Waals surface area contributed by atoms with Crippen LogP contribution in [0.2, 0.25) is 15.1 Å². The van der Waals surface area contributed by atoms with Gasteiger partial charge in [-0.25, -0.2) is 5.01 Å². The van der Waals surface area contributed by atoms with Gasteiger partial charge in [-0.1, -0.05) is 34.8 Å². The summed E-state index contributed by atoms with van der Waals surface area (Å²) in [6.07, 6.45) is 1.16. The zero-order chi connectivity index (χ0) is 25.5. The molecule has 0 unspecified atom stereocenters. The molecule has 0 bridgehead atoms. The number of hydrogen-bond acceptors (Lipinski definition) is 5. The lowest BCUT2D eigenvalue weighted by Crippen LogP contribution is -2.47. The number of nitrogens with zero attached hydrogens (tertiary/aromatic N) is 3. The second-order valence-corrected chi connectivity index (χ2v) is 10.3.